The first-order valence-electron chi connectivity index (χ1n) is 7.06. The van der Waals surface area contributed by atoms with Gasteiger partial charge in [0.25, 0.3) is 0 Å². The molecule has 1 aromatic heterocycles. The van der Waals surface area contributed by atoms with Crippen LogP contribution in [0.4, 0.5) is 18.0 Å². The molecule has 0 fully saturated rings. The minimum Gasteiger partial charge on any atom is -0.478 e. The summed E-state index contributed by atoms with van der Waals surface area (Å²) in [6.07, 6.45) is -4.52. The second-order valence-electron chi connectivity index (χ2n) is 5.12. The van der Waals surface area contributed by atoms with Crippen LogP contribution < -0.4 is 10.6 Å². The van der Waals surface area contributed by atoms with Gasteiger partial charge in [0.1, 0.15) is 5.01 Å². The number of aromatic carboxylic acids is 1. The van der Waals surface area contributed by atoms with Crippen molar-refractivity contribution in [3.05, 3.63) is 51.5 Å². The first kappa shape index (κ1) is 18.7. The lowest BCUT2D eigenvalue weighted by atomic mass is 10.1. The maximum absolute atomic E-state index is 12.5. The van der Waals surface area contributed by atoms with E-state index in [0.717, 1.165) is 16.7 Å². The van der Waals surface area contributed by atoms with E-state index in [1.54, 1.807) is 12.1 Å². The van der Waals surface area contributed by atoms with Gasteiger partial charge >= 0.3 is 18.2 Å². The zero-order valence-corrected chi connectivity index (χ0v) is 13.7. The number of nitrogens with one attached hydrogen (secondary N) is 2. The normalized spacial score (nSPS) is 12.5. The van der Waals surface area contributed by atoms with Gasteiger partial charge in [-0.05, 0) is 24.6 Å². The monoisotopic (exact) mass is 373 g/mol. The predicted molar refractivity (Wildman–Crippen MR) is 84.3 cm³/mol. The van der Waals surface area contributed by atoms with E-state index in [2.05, 4.69) is 15.6 Å². The summed E-state index contributed by atoms with van der Waals surface area (Å²) < 4.78 is 37.6. The summed E-state index contributed by atoms with van der Waals surface area (Å²) in [5, 5.41) is 14.9. The molecule has 1 aromatic carbocycles. The summed E-state index contributed by atoms with van der Waals surface area (Å²) in [6, 6.07) is 4.68. The Morgan fingerprint density at radius 1 is 1.28 bits per heavy atom. The van der Waals surface area contributed by atoms with Crippen LogP contribution in [0.1, 0.15) is 39.6 Å². The van der Waals surface area contributed by atoms with E-state index in [1.807, 2.05) is 0 Å². The third-order valence-corrected chi connectivity index (χ3v) is 4.21. The molecule has 1 unspecified atom stereocenters. The van der Waals surface area contributed by atoms with Gasteiger partial charge in [0.2, 0.25) is 0 Å². The van der Waals surface area contributed by atoms with Crippen molar-refractivity contribution in [1.82, 2.24) is 15.6 Å². The van der Waals surface area contributed by atoms with Crippen molar-refractivity contribution in [3.63, 3.8) is 0 Å². The molecule has 3 N–H and O–H groups in total. The standard InChI is InChI=1S/C15H14F3N3O3S/c1-8(12-21-11(7-25-12)15(16,17)18)20-14(24)19-6-9-2-4-10(5-3-9)13(22)23/h2-5,7-8H,6H2,1H3,(H,22,23)(H2,19,20,24). The van der Waals surface area contributed by atoms with E-state index in [-0.39, 0.29) is 17.1 Å². The van der Waals surface area contributed by atoms with Crippen LogP contribution in [-0.4, -0.2) is 22.1 Å². The van der Waals surface area contributed by atoms with Gasteiger partial charge in [0, 0.05) is 11.9 Å². The molecule has 6 nitrogen and oxygen atoms in total. The fourth-order valence-electron chi connectivity index (χ4n) is 1.87. The zero-order chi connectivity index (χ0) is 18.6. The average molecular weight is 373 g/mol. The second kappa shape index (κ2) is 7.51. The lowest BCUT2D eigenvalue weighted by Crippen LogP contribution is -2.36. The van der Waals surface area contributed by atoms with Crippen LogP contribution in [0.25, 0.3) is 0 Å². The molecule has 1 heterocycles. The Morgan fingerprint density at radius 3 is 2.44 bits per heavy atom. The molecule has 0 saturated carbocycles. The lowest BCUT2D eigenvalue weighted by Gasteiger charge is -2.12. The first-order chi connectivity index (χ1) is 11.7. The highest BCUT2D eigenvalue weighted by Gasteiger charge is 2.34. The molecule has 0 bridgehead atoms. The van der Waals surface area contributed by atoms with Gasteiger partial charge in [-0.3, -0.25) is 0 Å². The van der Waals surface area contributed by atoms with E-state index in [9.17, 15) is 22.8 Å². The summed E-state index contributed by atoms with van der Waals surface area (Å²) in [6.45, 7) is 1.67. The van der Waals surface area contributed by atoms with Gasteiger partial charge < -0.3 is 15.7 Å². The number of benzene rings is 1. The SMILES string of the molecule is CC(NC(=O)NCc1ccc(C(=O)O)cc1)c1nc(C(F)(F)F)cs1. The molecule has 1 atom stereocenters. The quantitative estimate of drug-likeness (QED) is 0.749. The number of aromatic nitrogens is 1. The first-order valence-corrected chi connectivity index (χ1v) is 7.94. The molecule has 2 rings (SSSR count). The highest BCUT2D eigenvalue weighted by molar-refractivity contribution is 7.09. The van der Waals surface area contributed by atoms with Gasteiger partial charge in [-0.25, -0.2) is 14.6 Å². The van der Waals surface area contributed by atoms with Crippen molar-refractivity contribution in [3.8, 4) is 0 Å². The molecule has 134 valence electrons. The number of carbonyl (C=O) groups is 2. The van der Waals surface area contributed by atoms with Crippen LogP contribution in [0.3, 0.4) is 0 Å². The van der Waals surface area contributed by atoms with Crippen molar-refractivity contribution in [1.29, 1.82) is 0 Å². The smallest absolute Gasteiger partial charge is 0.434 e. The Labute approximate surface area is 144 Å². The van der Waals surface area contributed by atoms with E-state index in [0.29, 0.717) is 5.56 Å². The summed E-state index contributed by atoms with van der Waals surface area (Å²) >= 11 is 0.816. The van der Waals surface area contributed by atoms with E-state index < -0.39 is 29.9 Å². The highest BCUT2D eigenvalue weighted by Crippen LogP contribution is 2.31. The molecule has 0 aliphatic rings. The zero-order valence-electron chi connectivity index (χ0n) is 12.9. The van der Waals surface area contributed by atoms with Gasteiger partial charge in [0.15, 0.2) is 5.69 Å². The van der Waals surface area contributed by atoms with Crippen LogP contribution >= 0.6 is 11.3 Å². The van der Waals surface area contributed by atoms with Crippen molar-refractivity contribution < 1.29 is 27.9 Å². The maximum atomic E-state index is 12.5. The molecule has 10 heteroatoms. The Kier molecular flexibility index (Phi) is 5.62. The summed E-state index contributed by atoms with van der Waals surface area (Å²) in [7, 11) is 0. The molecule has 0 aliphatic heterocycles. The van der Waals surface area contributed by atoms with Crippen LogP contribution in [0.15, 0.2) is 29.6 Å². The number of urea groups is 1. The largest absolute Gasteiger partial charge is 0.478 e. The topological polar surface area (TPSA) is 91.3 Å². The molecular weight excluding hydrogens is 359 g/mol. The van der Waals surface area contributed by atoms with Crippen LogP contribution in [0.2, 0.25) is 0 Å². The molecular formula is C15H14F3N3O3S. The second-order valence-corrected chi connectivity index (χ2v) is 6.01. The molecule has 0 saturated heterocycles. The molecule has 2 amide bonds. The van der Waals surface area contributed by atoms with Crippen molar-refractivity contribution >= 4 is 23.3 Å². The van der Waals surface area contributed by atoms with E-state index in [4.69, 9.17) is 5.11 Å². The van der Waals surface area contributed by atoms with Crippen molar-refractivity contribution in [2.24, 2.45) is 0 Å². The van der Waals surface area contributed by atoms with E-state index >= 15 is 0 Å². The Balaban J connectivity index is 1.87. The van der Waals surface area contributed by atoms with Gasteiger partial charge in [-0.2, -0.15) is 13.2 Å². The third-order valence-electron chi connectivity index (χ3n) is 3.18. The number of carboxylic acid groups (broad SMARTS) is 1. The number of nitrogens with zero attached hydrogens (tertiary/aromatic N) is 1. The summed E-state index contributed by atoms with van der Waals surface area (Å²) in [5.74, 6) is -1.05. The fraction of sp³-hybridized carbons (Fsp3) is 0.267. The molecule has 25 heavy (non-hydrogen) atoms. The summed E-state index contributed by atoms with van der Waals surface area (Å²) in [5.41, 5.74) is -0.174. The number of carbonyl (C=O) groups excluding carboxylic acids is 1. The third kappa shape index (κ3) is 5.18. The number of alkyl halides is 3. The van der Waals surface area contributed by atoms with E-state index in [1.165, 1.54) is 19.1 Å². The number of carboxylic acids is 1. The Morgan fingerprint density at radius 2 is 1.92 bits per heavy atom. The molecule has 0 radical (unpaired) electrons. The minimum atomic E-state index is -4.52. The van der Waals surface area contributed by atoms with Gasteiger partial charge in [-0.1, -0.05) is 12.1 Å². The van der Waals surface area contributed by atoms with Crippen molar-refractivity contribution in [2.45, 2.75) is 25.7 Å². The van der Waals surface area contributed by atoms with Gasteiger partial charge in [0.05, 0.1) is 11.6 Å². The number of thiazole rings is 1. The number of hydrogen-bond donors (Lipinski definition) is 3. The van der Waals surface area contributed by atoms with Gasteiger partial charge in [-0.15, -0.1) is 11.3 Å². The van der Waals surface area contributed by atoms with Crippen molar-refractivity contribution in [2.75, 3.05) is 0 Å². The maximum Gasteiger partial charge on any atom is 0.434 e. The van der Waals surface area contributed by atoms with Crippen LogP contribution in [-0.2, 0) is 12.7 Å². The number of halogens is 3. The highest BCUT2D eigenvalue weighted by atomic mass is 32.1. The van der Waals surface area contributed by atoms with Crippen LogP contribution in [0, 0.1) is 0 Å². The minimum absolute atomic E-state index is 0.131. The molecule has 2 aromatic rings. The number of amides is 2. The Hall–Kier alpha value is -2.62. The lowest BCUT2D eigenvalue weighted by molar-refractivity contribution is -0.140. The average Bonchev–Trinajstić information content (AvgIpc) is 3.03. The predicted octanol–water partition coefficient (Wildman–Crippen LogP) is 3.42. The van der Waals surface area contributed by atoms with Crippen LogP contribution in [0.5, 0.6) is 0 Å². The molecule has 0 spiro atoms. The fourth-order valence-corrected chi connectivity index (χ4v) is 2.71. The summed E-state index contributed by atoms with van der Waals surface area (Å²) in [4.78, 5) is 26.0. The Bertz CT molecular complexity index is 759. The number of rotatable bonds is 5. The number of hydrogen-bond acceptors (Lipinski definition) is 4. The molecule has 0 aliphatic carbocycles.